The van der Waals surface area contributed by atoms with Gasteiger partial charge < -0.3 is 4.90 Å². The van der Waals surface area contributed by atoms with Crippen molar-refractivity contribution in [3.63, 3.8) is 0 Å². The Hall–Kier alpha value is -2.60. The van der Waals surface area contributed by atoms with Crippen LogP contribution in [0.4, 0.5) is 5.69 Å². The molecule has 3 nitrogen and oxygen atoms in total. The maximum absolute atomic E-state index is 13.4. The van der Waals surface area contributed by atoms with Crippen LogP contribution in [0.2, 0.25) is 0 Å². The first kappa shape index (κ1) is 22.1. The summed E-state index contributed by atoms with van der Waals surface area (Å²) < 4.78 is 0. The van der Waals surface area contributed by atoms with E-state index in [4.69, 9.17) is 5.26 Å². The number of benzene rings is 2. The van der Waals surface area contributed by atoms with Crippen LogP contribution in [0, 0.1) is 23.2 Å². The van der Waals surface area contributed by atoms with Crippen LogP contribution in [0.25, 0.3) is 0 Å². The number of ketones is 1. The molecule has 158 valence electrons. The highest BCUT2D eigenvalue weighted by atomic mass is 16.1. The molecule has 0 amide bonds. The lowest BCUT2D eigenvalue weighted by molar-refractivity contribution is -0.127. The summed E-state index contributed by atoms with van der Waals surface area (Å²) in [5.41, 5.74) is 4.36. The van der Waals surface area contributed by atoms with Crippen molar-refractivity contribution in [1.82, 2.24) is 0 Å². The lowest BCUT2D eigenvalue weighted by atomic mass is 9.78. The highest BCUT2D eigenvalue weighted by Gasteiger charge is 2.28. The van der Waals surface area contributed by atoms with Crippen LogP contribution in [0.5, 0.6) is 0 Å². The van der Waals surface area contributed by atoms with Crippen LogP contribution in [-0.4, -0.2) is 18.9 Å². The lowest BCUT2D eigenvalue weighted by Gasteiger charge is -2.26. The van der Waals surface area contributed by atoms with Gasteiger partial charge in [-0.05, 0) is 74.9 Å². The third-order valence-corrected chi connectivity index (χ3v) is 6.52. The third kappa shape index (κ3) is 5.72. The number of Topliss-reactive ketones (excluding diaryl/α,β-unsaturated/α-hetero) is 1. The number of carbonyl (C=O) groups excluding carboxylic acids is 1. The summed E-state index contributed by atoms with van der Waals surface area (Å²) in [4.78, 5) is 15.8. The number of nitriles is 1. The minimum absolute atomic E-state index is 0.0955. The maximum Gasteiger partial charge on any atom is 0.139 e. The number of rotatable bonds is 7. The summed E-state index contributed by atoms with van der Waals surface area (Å²) in [7, 11) is 0. The molecule has 0 heterocycles. The molecular formula is C27H34N2O. The Morgan fingerprint density at radius 3 is 1.80 bits per heavy atom. The smallest absolute Gasteiger partial charge is 0.139 e. The first-order chi connectivity index (χ1) is 14.6. The molecule has 30 heavy (non-hydrogen) atoms. The summed E-state index contributed by atoms with van der Waals surface area (Å²) >= 11 is 0. The average Bonchev–Trinajstić information content (AvgIpc) is 2.78. The van der Waals surface area contributed by atoms with E-state index >= 15 is 0 Å². The zero-order chi connectivity index (χ0) is 21.3. The topological polar surface area (TPSA) is 44.1 Å². The Bertz CT molecular complexity index is 844. The highest BCUT2D eigenvalue weighted by Crippen LogP contribution is 2.29. The van der Waals surface area contributed by atoms with Gasteiger partial charge in [-0.2, -0.15) is 5.26 Å². The number of carbonyl (C=O) groups is 1. The molecule has 2 aromatic rings. The average molecular weight is 403 g/mol. The van der Waals surface area contributed by atoms with Crippen LogP contribution in [0.3, 0.4) is 0 Å². The molecule has 0 bridgehead atoms. The van der Waals surface area contributed by atoms with Crippen molar-refractivity contribution in [3.05, 3.63) is 65.2 Å². The zero-order valence-corrected chi connectivity index (χ0v) is 18.4. The van der Waals surface area contributed by atoms with Gasteiger partial charge in [0.1, 0.15) is 5.78 Å². The van der Waals surface area contributed by atoms with Crippen molar-refractivity contribution >= 4 is 11.5 Å². The van der Waals surface area contributed by atoms with Gasteiger partial charge in [0, 0.05) is 30.6 Å². The SMILES string of the molecule is CCN(CC)c1ccc(CC2CCCCCC(Cc3ccc(C#N)cc3)C2=O)cc1. The van der Waals surface area contributed by atoms with Crippen LogP contribution >= 0.6 is 0 Å². The van der Waals surface area contributed by atoms with Gasteiger partial charge in [-0.3, -0.25) is 4.79 Å². The Morgan fingerprint density at radius 2 is 1.33 bits per heavy atom. The second-order valence-electron chi connectivity index (χ2n) is 8.49. The van der Waals surface area contributed by atoms with Gasteiger partial charge in [-0.15, -0.1) is 0 Å². The van der Waals surface area contributed by atoms with Gasteiger partial charge in [-0.1, -0.05) is 43.5 Å². The fraction of sp³-hybridized carbons (Fsp3) is 0.481. The van der Waals surface area contributed by atoms with E-state index in [9.17, 15) is 4.79 Å². The van der Waals surface area contributed by atoms with Crippen molar-refractivity contribution in [2.45, 2.75) is 58.8 Å². The molecule has 0 aliphatic heterocycles. The molecule has 2 aromatic carbocycles. The minimum atomic E-state index is 0.0955. The number of anilines is 1. The van der Waals surface area contributed by atoms with Crippen molar-refractivity contribution in [1.29, 1.82) is 5.26 Å². The highest BCUT2D eigenvalue weighted by molar-refractivity contribution is 5.84. The number of nitrogens with zero attached hydrogens (tertiary/aromatic N) is 2. The Labute approximate surface area is 181 Å². The molecule has 1 aliphatic rings. The molecule has 1 fully saturated rings. The van der Waals surface area contributed by atoms with E-state index in [-0.39, 0.29) is 11.8 Å². The second-order valence-corrected chi connectivity index (χ2v) is 8.49. The van der Waals surface area contributed by atoms with Crippen LogP contribution < -0.4 is 4.90 Å². The quantitative estimate of drug-likeness (QED) is 0.574. The van der Waals surface area contributed by atoms with Gasteiger partial charge in [0.2, 0.25) is 0 Å². The zero-order valence-electron chi connectivity index (χ0n) is 18.4. The van der Waals surface area contributed by atoms with Gasteiger partial charge in [0.15, 0.2) is 0 Å². The largest absolute Gasteiger partial charge is 0.372 e. The Balaban J connectivity index is 1.69. The molecule has 0 radical (unpaired) electrons. The van der Waals surface area contributed by atoms with E-state index < -0.39 is 0 Å². The van der Waals surface area contributed by atoms with Crippen LogP contribution in [-0.2, 0) is 17.6 Å². The number of hydrogen-bond donors (Lipinski definition) is 0. The van der Waals surface area contributed by atoms with Gasteiger partial charge in [0.25, 0.3) is 0 Å². The molecule has 0 N–H and O–H groups in total. The maximum atomic E-state index is 13.4. The van der Waals surface area contributed by atoms with Crippen molar-refractivity contribution in [2.75, 3.05) is 18.0 Å². The third-order valence-electron chi connectivity index (χ3n) is 6.52. The normalized spacial score (nSPS) is 19.6. The fourth-order valence-electron chi connectivity index (χ4n) is 4.70. The first-order valence-corrected chi connectivity index (χ1v) is 11.5. The van der Waals surface area contributed by atoms with Crippen molar-refractivity contribution in [3.8, 4) is 6.07 Å². The van der Waals surface area contributed by atoms with Crippen LogP contribution in [0.1, 0.15) is 62.6 Å². The Morgan fingerprint density at radius 1 is 0.833 bits per heavy atom. The number of hydrogen-bond acceptors (Lipinski definition) is 3. The molecule has 0 aromatic heterocycles. The standard InChI is InChI=1S/C27H34N2O/c1-3-29(4-2)26-16-14-22(15-17-26)19-25-9-7-5-6-8-24(27(25)30)18-21-10-12-23(20-28)13-11-21/h10-17,24-25H,3-9,18-19H2,1-2H3. The van der Waals surface area contributed by atoms with E-state index in [0.29, 0.717) is 11.3 Å². The van der Waals surface area contributed by atoms with E-state index in [1.807, 2.05) is 24.3 Å². The molecule has 3 heteroatoms. The summed E-state index contributed by atoms with van der Waals surface area (Å²) in [5, 5.41) is 9.00. The van der Waals surface area contributed by atoms with Gasteiger partial charge >= 0.3 is 0 Å². The van der Waals surface area contributed by atoms with Crippen LogP contribution in [0.15, 0.2) is 48.5 Å². The molecule has 1 saturated carbocycles. The van der Waals surface area contributed by atoms with E-state index in [0.717, 1.165) is 57.2 Å². The molecular weight excluding hydrogens is 368 g/mol. The van der Waals surface area contributed by atoms with E-state index in [1.54, 1.807) is 0 Å². The van der Waals surface area contributed by atoms with Crippen molar-refractivity contribution in [2.24, 2.45) is 11.8 Å². The molecule has 0 spiro atoms. The summed E-state index contributed by atoms with van der Waals surface area (Å²) in [6.07, 6.45) is 7.13. The summed E-state index contributed by atoms with van der Waals surface area (Å²) in [6.45, 7) is 6.37. The lowest BCUT2D eigenvalue weighted by Crippen LogP contribution is -2.28. The molecule has 2 unspecified atom stereocenters. The monoisotopic (exact) mass is 402 g/mol. The van der Waals surface area contributed by atoms with Gasteiger partial charge in [-0.25, -0.2) is 0 Å². The van der Waals surface area contributed by atoms with Crippen molar-refractivity contribution < 1.29 is 4.79 Å². The predicted molar refractivity (Wildman–Crippen MR) is 124 cm³/mol. The minimum Gasteiger partial charge on any atom is -0.372 e. The Kier molecular flexibility index (Phi) is 8.08. The summed E-state index contributed by atoms with van der Waals surface area (Å²) in [6, 6.07) is 18.7. The summed E-state index contributed by atoms with van der Waals surface area (Å²) in [5.74, 6) is 0.651. The molecule has 2 atom stereocenters. The van der Waals surface area contributed by atoms with E-state index in [1.165, 1.54) is 17.7 Å². The molecule has 1 aliphatic carbocycles. The first-order valence-electron chi connectivity index (χ1n) is 11.5. The second kappa shape index (κ2) is 11.0. The molecule has 0 saturated heterocycles. The van der Waals surface area contributed by atoms with E-state index in [2.05, 4.69) is 49.1 Å². The predicted octanol–water partition coefficient (Wildman–Crippen LogP) is 5.96. The fourth-order valence-corrected chi connectivity index (χ4v) is 4.70. The molecule has 3 rings (SSSR count). The van der Waals surface area contributed by atoms with Gasteiger partial charge in [0.05, 0.1) is 11.6 Å².